The van der Waals surface area contributed by atoms with Gasteiger partial charge in [-0.1, -0.05) is 6.07 Å². The Morgan fingerprint density at radius 3 is 2.38 bits per heavy atom. The highest BCUT2D eigenvalue weighted by molar-refractivity contribution is 5.97. The van der Waals surface area contributed by atoms with Gasteiger partial charge in [-0.2, -0.15) is 0 Å². The minimum atomic E-state index is -0.196. The summed E-state index contributed by atoms with van der Waals surface area (Å²) < 4.78 is 0. The number of carbonyl (C=O) groups excluding carboxylic acids is 4. The standard InChI is InChI=1S/C19H25N3O4/c1-13(23)6-7-18(25)22-10-8-16(9-11-22)21-19(26)15-4-3-5-17(12-15)20-14(2)24/h3-5,12,16H,6-11H2,1-2H3,(H,20,24)(H,21,26). The van der Waals surface area contributed by atoms with Crippen LogP contribution in [0.4, 0.5) is 5.69 Å². The van der Waals surface area contributed by atoms with Crippen molar-refractivity contribution >= 4 is 29.2 Å². The molecule has 3 amide bonds. The van der Waals surface area contributed by atoms with E-state index in [0.717, 1.165) is 0 Å². The smallest absolute Gasteiger partial charge is 0.251 e. The highest BCUT2D eigenvalue weighted by atomic mass is 16.2. The van der Waals surface area contributed by atoms with E-state index in [9.17, 15) is 19.2 Å². The predicted molar refractivity (Wildman–Crippen MR) is 97.7 cm³/mol. The molecular weight excluding hydrogens is 334 g/mol. The zero-order valence-corrected chi connectivity index (χ0v) is 15.2. The minimum absolute atomic E-state index is 0.00350. The first kappa shape index (κ1) is 19.6. The van der Waals surface area contributed by atoms with E-state index in [1.54, 1.807) is 29.2 Å². The summed E-state index contributed by atoms with van der Waals surface area (Å²) in [7, 11) is 0. The van der Waals surface area contributed by atoms with Crippen LogP contribution in [0.5, 0.6) is 0 Å². The maximum Gasteiger partial charge on any atom is 0.251 e. The normalized spacial score (nSPS) is 14.6. The van der Waals surface area contributed by atoms with Crippen LogP contribution >= 0.6 is 0 Å². The molecule has 0 saturated carbocycles. The molecule has 0 aromatic heterocycles. The number of benzene rings is 1. The Morgan fingerprint density at radius 1 is 1.08 bits per heavy atom. The fourth-order valence-electron chi connectivity index (χ4n) is 2.92. The van der Waals surface area contributed by atoms with Crippen molar-refractivity contribution in [2.75, 3.05) is 18.4 Å². The fourth-order valence-corrected chi connectivity index (χ4v) is 2.92. The first-order valence-corrected chi connectivity index (χ1v) is 8.81. The molecule has 1 aromatic carbocycles. The number of carbonyl (C=O) groups is 4. The van der Waals surface area contributed by atoms with E-state index in [1.165, 1.54) is 13.8 Å². The molecule has 1 aliphatic rings. The average molecular weight is 359 g/mol. The topological polar surface area (TPSA) is 95.6 Å². The molecule has 7 nitrogen and oxygen atoms in total. The van der Waals surface area contributed by atoms with Gasteiger partial charge in [0.25, 0.3) is 5.91 Å². The van der Waals surface area contributed by atoms with Crippen molar-refractivity contribution in [1.29, 1.82) is 0 Å². The number of piperidine rings is 1. The SMILES string of the molecule is CC(=O)CCC(=O)N1CCC(NC(=O)c2cccc(NC(C)=O)c2)CC1. The second kappa shape index (κ2) is 9.12. The van der Waals surface area contributed by atoms with Crippen LogP contribution in [0.25, 0.3) is 0 Å². The van der Waals surface area contributed by atoms with Gasteiger partial charge in [0.1, 0.15) is 5.78 Å². The summed E-state index contributed by atoms with van der Waals surface area (Å²) >= 11 is 0. The number of nitrogens with zero attached hydrogens (tertiary/aromatic N) is 1. The third kappa shape index (κ3) is 5.98. The molecule has 0 radical (unpaired) electrons. The summed E-state index contributed by atoms with van der Waals surface area (Å²) in [5, 5.41) is 5.64. The van der Waals surface area contributed by atoms with Gasteiger partial charge >= 0.3 is 0 Å². The molecule has 2 N–H and O–H groups in total. The highest BCUT2D eigenvalue weighted by Crippen LogP contribution is 2.15. The third-order valence-electron chi connectivity index (χ3n) is 4.32. The van der Waals surface area contributed by atoms with Crippen molar-refractivity contribution in [2.45, 2.75) is 45.6 Å². The van der Waals surface area contributed by atoms with Gasteiger partial charge in [-0.15, -0.1) is 0 Å². The van der Waals surface area contributed by atoms with Gasteiger partial charge in [0, 0.05) is 50.1 Å². The summed E-state index contributed by atoms with van der Waals surface area (Å²) in [6.07, 6.45) is 1.90. The molecule has 0 unspecified atom stereocenters. The van der Waals surface area contributed by atoms with Crippen molar-refractivity contribution in [3.8, 4) is 0 Å². The average Bonchev–Trinajstić information content (AvgIpc) is 2.60. The summed E-state index contributed by atoms with van der Waals surface area (Å²) in [6.45, 7) is 4.05. The van der Waals surface area contributed by atoms with Gasteiger partial charge in [-0.05, 0) is 38.0 Å². The second-order valence-electron chi connectivity index (χ2n) is 6.59. The zero-order chi connectivity index (χ0) is 19.1. The lowest BCUT2D eigenvalue weighted by Gasteiger charge is -2.32. The predicted octanol–water partition coefficient (Wildman–Crippen LogP) is 1.73. The van der Waals surface area contributed by atoms with E-state index in [0.29, 0.717) is 37.2 Å². The highest BCUT2D eigenvalue weighted by Gasteiger charge is 2.24. The van der Waals surface area contributed by atoms with Crippen molar-refractivity contribution < 1.29 is 19.2 Å². The number of amides is 3. The Hall–Kier alpha value is -2.70. The molecule has 1 saturated heterocycles. The molecule has 0 spiro atoms. The lowest BCUT2D eigenvalue weighted by atomic mass is 10.0. The Kier molecular flexibility index (Phi) is 6.89. The van der Waals surface area contributed by atoms with Crippen LogP contribution in [0.2, 0.25) is 0 Å². The van der Waals surface area contributed by atoms with E-state index in [2.05, 4.69) is 10.6 Å². The van der Waals surface area contributed by atoms with Crippen molar-refractivity contribution in [2.24, 2.45) is 0 Å². The molecular formula is C19H25N3O4. The van der Waals surface area contributed by atoms with Crippen LogP contribution in [-0.4, -0.2) is 47.5 Å². The zero-order valence-electron chi connectivity index (χ0n) is 15.2. The summed E-state index contributed by atoms with van der Waals surface area (Å²) in [5.41, 5.74) is 1.06. The van der Waals surface area contributed by atoms with Crippen molar-refractivity contribution in [3.05, 3.63) is 29.8 Å². The fraction of sp³-hybridized carbons (Fsp3) is 0.474. The minimum Gasteiger partial charge on any atom is -0.349 e. The molecule has 1 fully saturated rings. The molecule has 1 heterocycles. The van der Waals surface area contributed by atoms with Gasteiger partial charge in [0.15, 0.2) is 0 Å². The van der Waals surface area contributed by atoms with Crippen LogP contribution in [0.15, 0.2) is 24.3 Å². The van der Waals surface area contributed by atoms with Gasteiger partial charge in [-0.3, -0.25) is 14.4 Å². The van der Waals surface area contributed by atoms with Crippen LogP contribution in [0.3, 0.4) is 0 Å². The summed E-state index contributed by atoms with van der Waals surface area (Å²) in [4.78, 5) is 48.3. The number of Topliss-reactive ketones (excluding diaryl/α,β-unsaturated/α-hetero) is 1. The molecule has 140 valence electrons. The van der Waals surface area contributed by atoms with Crippen molar-refractivity contribution in [1.82, 2.24) is 10.2 Å². The maximum atomic E-state index is 12.4. The first-order chi connectivity index (χ1) is 12.3. The number of likely N-dealkylation sites (tertiary alicyclic amines) is 1. The number of hydrogen-bond donors (Lipinski definition) is 2. The summed E-state index contributed by atoms with van der Waals surface area (Å²) in [5.74, 6) is -0.377. The molecule has 0 atom stereocenters. The monoisotopic (exact) mass is 359 g/mol. The van der Waals surface area contributed by atoms with Crippen LogP contribution in [0.1, 0.15) is 49.9 Å². The van der Waals surface area contributed by atoms with E-state index in [4.69, 9.17) is 0 Å². The molecule has 2 rings (SSSR count). The number of rotatable bonds is 6. The molecule has 0 bridgehead atoms. The third-order valence-corrected chi connectivity index (χ3v) is 4.32. The molecule has 26 heavy (non-hydrogen) atoms. The number of ketones is 1. The Morgan fingerprint density at radius 2 is 1.77 bits per heavy atom. The second-order valence-corrected chi connectivity index (χ2v) is 6.59. The van der Waals surface area contributed by atoms with Crippen LogP contribution in [0, 0.1) is 0 Å². The van der Waals surface area contributed by atoms with Gasteiger partial charge in [0.2, 0.25) is 11.8 Å². The van der Waals surface area contributed by atoms with E-state index < -0.39 is 0 Å². The van der Waals surface area contributed by atoms with Gasteiger partial charge < -0.3 is 20.3 Å². The summed E-state index contributed by atoms with van der Waals surface area (Å²) in [6, 6.07) is 6.78. The van der Waals surface area contributed by atoms with E-state index in [1.807, 2.05) is 0 Å². The van der Waals surface area contributed by atoms with Crippen molar-refractivity contribution in [3.63, 3.8) is 0 Å². The number of hydrogen-bond acceptors (Lipinski definition) is 4. The molecule has 1 aromatic rings. The number of anilines is 1. The molecule has 0 aliphatic carbocycles. The van der Waals surface area contributed by atoms with Crippen LogP contribution < -0.4 is 10.6 Å². The van der Waals surface area contributed by atoms with Gasteiger partial charge in [-0.25, -0.2) is 0 Å². The quantitative estimate of drug-likeness (QED) is 0.809. The maximum absolute atomic E-state index is 12.4. The van der Waals surface area contributed by atoms with E-state index >= 15 is 0 Å². The van der Waals surface area contributed by atoms with Gasteiger partial charge in [0.05, 0.1) is 0 Å². The molecule has 1 aliphatic heterocycles. The first-order valence-electron chi connectivity index (χ1n) is 8.81. The molecule has 7 heteroatoms. The Bertz CT molecular complexity index is 694. The number of nitrogens with one attached hydrogen (secondary N) is 2. The lowest BCUT2D eigenvalue weighted by molar-refractivity contribution is -0.134. The Labute approximate surface area is 153 Å². The van der Waals surface area contributed by atoms with E-state index in [-0.39, 0.29) is 42.4 Å². The lowest BCUT2D eigenvalue weighted by Crippen LogP contribution is -2.46. The largest absolute Gasteiger partial charge is 0.349 e. The Balaban J connectivity index is 1.83. The van der Waals surface area contributed by atoms with Crippen LogP contribution in [-0.2, 0) is 14.4 Å².